The summed E-state index contributed by atoms with van der Waals surface area (Å²) in [5, 5.41) is 6.79. The van der Waals surface area contributed by atoms with Crippen LogP contribution in [0.3, 0.4) is 0 Å². The van der Waals surface area contributed by atoms with Crippen LogP contribution < -0.4 is 5.32 Å². The summed E-state index contributed by atoms with van der Waals surface area (Å²) in [6.07, 6.45) is 0. The van der Waals surface area contributed by atoms with Crippen molar-refractivity contribution in [1.82, 2.24) is 15.5 Å². The molecule has 0 radical (unpaired) electrons. The van der Waals surface area contributed by atoms with E-state index in [0.29, 0.717) is 17.3 Å². The lowest BCUT2D eigenvalue weighted by molar-refractivity contribution is 0.0936. The van der Waals surface area contributed by atoms with Crippen molar-refractivity contribution in [3.05, 3.63) is 83.0 Å². The number of carbonyl (C=O) groups is 1. The van der Waals surface area contributed by atoms with Crippen molar-refractivity contribution < 1.29 is 9.32 Å². The molecule has 0 aliphatic rings. The largest absolute Gasteiger partial charge is 0.337 e. The molecule has 5 heteroatoms. The van der Waals surface area contributed by atoms with E-state index in [1.165, 1.54) is 0 Å². The molecule has 1 atom stereocenters. The van der Waals surface area contributed by atoms with Gasteiger partial charge in [0.15, 0.2) is 5.82 Å². The van der Waals surface area contributed by atoms with Gasteiger partial charge in [-0.05, 0) is 31.5 Å². The van der Waals surface area contributed by atoms with Crippen molar-refractivity contribution in [2.45, 2.75) is 19.9 Å². The van der Waals surface area contributed by atoms with E-state index in [0.717, 1.165) is 11.1 Å². The number of amides is 1. The summed E-state index contributed by atoms with van der Waals surface area (Å²) in [5.74, 6) is 0.721. The highest BCUT2D eigenvalue weighted by molar-refractivity contribution is 5.94. The second-order valence-corrected chi connectivity index (χ2v) is 5.37. The Morgan fingerprint density at radius 1 is 1.09 bits per heavy atom. The fourth-order valence-corrected chi connectivity index (χ4v) is 2.36. The lowest BCUT2D eigenvalue weighted by Crippen LogP contribution is -2.29. The number of nitrogens with zero attached hydrogens (tertiary/aromatic N) is 2. The summed E-state index contributed by atoms with van der Waals surface area (Å²) in [4.78, 5) is 16.8. The molecule has 2 aromatic carbocycles. The number of hydrogen-bond donors (Lipinski definition) is 1. The first-order chi connectivity index (χ1) is 11.1. The van der Waals surface area contributed by atoms with E-state index >= 15 is 0 Å². The maximum Gasteiger partial charge on any atom is 0.253 e. The van der Waals surface area contributed by atoms with Crippen LogP contribution in [0.25, 0.3) is 0 Å². The first-order valence-corrected chi connectivity index (χ1v) is 7.36. The fourth-order valence-electron chi connectivity index (χ4n) is 2.36. The lowest BCUT2D eigenvalue weighted by Gasteiger charge is -2.15. The topological polar surface area (TPSA) is 68.0 Å². The minimum Gasteiger partial charge on any atom is -0.337 e. The lowest BCUT2D eigenvalue weighted by atomic mass is 10.1. The number of carbonyl (C=O) groups excluding carboxylic acids is 1. The monoisotopic (exact) mass is 307 g/mol. The van der Waals surface area contributed by atoms with E-state index in [4.69, 9.17) is 4.52 Å². The van der Waals surface area contributed by atoms with Gasteiger partial charge in [-0.15, -0.1) is 0 Å². The molecule has 3 aromatic rings. The zero-order valence-corrected chi connectivity index (χ0v) is 13.0. The second-order valence-electron chi connectivity index (χ2n) is 5.37. The molecular formula is C18H17N3O2. The highest BCUT2D eigenvalue weighted by Crippen LogP contribution is 2.21. The average Bonchev–Trinajstić information content (AvgIpc) is 2.99. The first-order valence-electron chi connectivity index (χ1n) is 7.36. The van der Waals surface area contributed by atoms with E-state index in [-0.39, 0.29) is 5.91 Å². The molecule has 1 heterocycles. The minimum absolute atomic E-state index is 0.182. The summed E-state index contributed by atoms with van der Waals surface area (Å²) in [5.41, 5.74) is 2.52. The maximum atomic E-state index is 12.6. The Labute approximate surface area is 134 Å². The van der Waals surface area contributed by atoms with Gasteiger partial charge in [0, 0.05) is 5.56 Å². The van der Waals surface area contributed by atoms with Crippen molar-refractivity contribution >= 4 is 5.91 Å². The van der Waals surface area contributed by atoms with E-state index in [2.05, 4.69) is 15.5 Å². The predicted molar refractivity (Wildman–Crippen MR) is 86.0 cm³/mol. The Kier molecular flexibility index (Phi) is 4.19. The highest BCUT2D eigenvalue weighted by atomic mass is 16.5. The molecule has 3 rings (SSSR count). The summed E-state index contributed by atoms with van der Waals surface area (Å²) >= 11 is 0. The van der Waals surface area contributed by atoms with Gasteiger partial charge in [0.2, 0.25) is 0 Å². The van der Waals surface area contributed by atoms with Crippen LogP contribution in [0.15, 0.2) is 59.1 Å². The quantitative estimate of drug-likeness (QED) is 0.803. The van der Waals surface area contributed by atoms with E-state index in [1.807, 2.05) is 55.5 Å². The molecule has 0 fully saturated rings. The van der Waals surface area contributed by atoms with Crippen molar-refractivity contribution in [2.75, 3.05) is 0 Å². The Balaban J connectivity index is 1.92. The Bertz CT molecular complexity index is 812. The van der Waals surface area contributed by atoms with Gasteiger partial charge >= 0.3 is 0 Å². The van der Waals surface area contributed by atoms with Crippen molar-refractivity contribution in [1.29, 1.82) is 0 Å². The van der Waals surface area contributed by atoms with Gasteiger partial charge in [-0.25, -0.2) is 0 Å². The first kappa shape index (κ1) is 15.0. The van der Waals surface area contributed by atoms with Crippen molar-refractivity contribution in [2.24, 2.45) is 0 Å². The maximum absolute atomic E-state index is 12.6. The van der Waals surface area contributed by atoms with Crippen LogP contribution in [0.4, 0.5) is 0 Å². The number of aromatic nitrogens is 2. The van der Waals surface area contributed by atoms with Gasteiger partial charge in [0.05, 0.1) is 0 Å². The molecule has 1 aromatic heterocycles. The number of aryl methyl sites for hydroxylation is 2. The van der Waals surface area contributed by atoms with Crippen LogP contribution in [0, 0.1) is 13.8 Å². The summed E-state index contributed by atoms with van der Waals surface area (Å²) in [6, 6.07) is 16.5. The minimum atomic E-state index is -0.481. The summed E-state index contributed by atoms with van der Waals surface area (Å²) in [6.45, 7) is 3.70. The average molecular weight is 307 g/mol. The molecule has 0 saturated carbocycles. The smallest absolute Gasteiger partial charge is 0.253 e. The van der Waals surface area contributed by atoms with Crippen LogP contribution in [0.5, 0.6) is 0 Å². The molecule has 0 unspecified atom stereocenters. The van der Waals surface area contributed by atoms with Crippen LogP contribution in [0.1, 0.15) is 39.2 Å². The highest BCUT2D eigenvalue weighted by Gasteiger charge is 2.23. The number of rotatable bonds is 4. The molecule has 1 N–H and O–H groups in total. The molecule has 1 amide bonds. The van der Waals surface area contributed by atoms with Crippen LogP contribution in [-0.4, -0.2) is 16.0 Å². The number of nitrogens with one attached hydrogen (secondary N) is 1. The van der Waals surface area contributed by atoms with Gasteiger partial charge in [-0.2, -0.15) is 4.98 Å². The third-order valence-electron chi connectivity index (χ3n) is 3.48. The molecule has 0 bridgehead atoms. The van der Waals surface area contributed by atoms with E-state index < -0.39 is 6.04 Å². The fraction of sp³-hybridized carbons (Fsp3) is 0.167. The Morgan fingerprint density at radius 2 is 1.87 bits per heavy atom. The van der Waals surface area contributed by atoms with Gasteiger partial charge in [0.25, 0.3) is 11.8 Å². The molecule has 116 valence electrons. The zero-order chi connectivity index (χ0) is 16.2. The molecule has 0 saturated heterocycles. The number of benzene rings is 2. The molecule has 0 aliphatic heterocycles. The van der Waals surface area contributed by atoms with Gasteiger partial charge in [-0.1, -0.05) is 53.2 Å². The van der Waals surface area contributed by atoms with Crippen molar-refractivity contribution in [3.63, 3.8) is 0 Å². The van der Waals surface area contributed by atoms with Crippen molar-refractivity contribution in [3.8, 4) is 0 Å². The SMILES string of the molecule is Cc1cccc(C(=O)N[C@H](c2ccccc2)c2nc(C)no2)c1. The van der Waals surface area contributed by atoms with E-state index in [1.54, 1.807) is 13.0 Å². The van der Waals surface area contributed by atoms with Gasteiger partial charge in [-0.3, -0.25) is 4.79 Å². The van der Waals surface area contributed by atoms with Gasteiger partial charge < -0.3 is 9.84 Å². The Hall–Kier alpha value is -2.95. The van der Waals surface area contributed by atoms with Crippen LogP contribution in [-0.2, 0) is 0 Å². The van der Waals surface area contributed by atoms with Gasteiger partial charge in [0.1, 0.15) is 6.04 Å². The number of hydrogen-bond acceptors (Lipinski definition) is 4. The third kappa shape index (κ3) is 3.45. The molecule has 0 spiro atoms. The van der Waals surface area contributed by atoms with Crippen LogP contribution >= 0.6 is 0 Å². The molecule has 0 aliphatic carbocycles. The zero-order valence-electron chi connectivity index (χ0n) is 13.0. The van der Waals surface area contributed by atoms with E-state index in [9.17, 15) is 4.79 Å². The normalized spacial score (nSPS) is 11.9. The van der Waals surface area contributed by atoms with Crippen LogP contribution in [0.2, 0.25) is 0 Å². The molecule has 5 nitrogen and oxygen atoms in total. The third-order valence-corrected chi connectivity index (χ3v) is 3.48. The molecule has 23 heavy (non-hydrogen) atoms. The second kappa shape index (κ2) is 6.44. The summed E-state index contributed by atoms with van der Waals surface area (Å²) < 4.78 is 5.27. The Morgan fingerprint density at radius 3 is 2.52 bits per heavy atom. The predicted octanol–water partition coefficient (Wildman–Crippen LogP) is 3.21. The summed E-state index contributed by atoms with van der Waals surface area (Å²) in [7, 11) is 0. The molecular weight excluding hydrogens is 290 g/mol. The standard InChI is InChI=1S/C18H17N3O2/c1-12-7-6-10-15(11-12)17(22)20-16(14-8-4-3-5-9-14)18-19-13(2)21-23-18/h3-11,16H,1-2H3,(H,20,22)/t16-/m1/s1.